The highest BCUT2D eigenvalue weighted by Crippen LogP contribution is 2.14. The molecule has 0 aromatic carbocycles. The lowest BCUT2D eigenvalue weighted by molar-refractivity contribution is 0.484. The van der Waals surface area contributed by atoms with E-state index >= 15 is 0 Å². The van der Waals surface area contributed by atoms with Gasteiger partial charge in [0.2, 0.25) is 5.28 Å². The predicted octanol–water partition coefficient (Wildman–Crippen LogP) is 1.23. The molecule has 1 fully saturated rings. The van der Waals surface area contributed by atoms with Crippen LogP contribution >= 0.6 is 11.6 Å². The van der Waals surface area contributed by atoms with Gasteiger partial charge in [0.25, 0.3) is 0 Å². The van der Waals surface area contributed by atoms with Gasteiger partial charge in [0.1, 0.15) is 0 Å². The first-order valence-electron chi connectivity index (χ1n) is 5.40. The van der Waals surface area contributed by atoms with Crippen molar-refractivity contribution in [2.45, 2.75) is 25.4 Å². The zero-order valence-electron chi connectivity index (χ0n) is 8.73. The van der Waals surface area contributed by atoms with E-state index in [4.69, 9.17) is 11.6 Å². The van der Waals surface area contributed by atoms with Gasteiger partial charge in [-0.2, -0.15) is 10.1 Å². The van der Waals surface area contributed by atoms with Gasteiger partial charge in [-0.15, -0.1) is 0 Å². The minimum Gasteiger partial charge on any atom is -0.312 e. The summed E-state index contributed by atoms with van der Waals surface area (Å²) < 4.78 is 1.89. The molecule has 2 aromatic heterocycles. The Morgan fingerprint density at radius 2 is 2.44 bits per heavy atom. The molecule has 1 atom stereocenters. The van der Waals surface area contributed by atoms with E-state index in [1.165, 1.54) is 12.8 Å². The van der Waals surface area contributed by atoms with Gasteiger partial charge >= 0.3 is 0 Å². The second kappa shape index (κ2) is 3.99. The van der Waals surface area contributed by atoms with Crippen LogP contribution in [0.5, 0.6) is 0 Å². The summed E-state index contributed by atoms with van der Waals surface area (Å²) in [4.78, 5) is 8.14. The predicted molar refractivity (Wildman–Crippen MR) is 61.4 cm³/mol. The van der Waals surface area contributed by atoms with Crippen LogP contribution in [0.2, 0.25) is 5.28 Å². The van der Waals surface area contributed by atoms with Gasteiger partial charge in [-0.1, -0.05) is 0 Å². The molecule has 6 heteroatoms. The maximum absolute atomic E-state index is 5.79. The number of hydrogen-bond donors (Lipinski definition) is 1. The Bertz CT molecular complexity index is 503. The average Bonchev–Trinajstić information content (AvgIpc) is 2.90. The summed E-state index contributed by atoms with van der Waals surface area (Å²) in [6.07, 6.45) is 5.91. The molecular formula is C10H12ClN5. The molecule has 16 heavy (non-hydrogen) atoms. The van der Waals surface area contributed by atoms with E-state index in [1.54, 1.807) is 12.4 Å². The maximum Gasteiger partial charge on any atom is 0.224 e. The quantitative estimate of drug-likeness (QED) is 0.799. The molecule has 1 N–H and O–H groups in total. The molecule has 3 heterocycles. The molecule has 0 aliphatic carbocycles. The zero-order valence-corrected chi connectivity index (χ0v) is 9.48. The van der Waals surface area contributed by atoms with Crippen molar-refractivity contribution in [2.24, 2.45) is 0 Å². The highest BCUT2D eigenvalue weighted by Gasteiger charge is 2.16. The summed E-state index contributed by atoms with van der Waals surface area (Å²) in [6.45, 7) is 1.94. The minimum absolute atomic E-state index is 0.272. The Labute approximate surface area is 97.8 Å². The molecule has 5 nitrogen and oxygen atoms in total. The number of aromatic nitrogens is 4. The maximum atomic E-state index is 5.79. The number of nitrogens with zero attached hydrogens (tertiary/aromatic N) is 4. The van der Waals surface area contributed by atoms with Crippen LogP contribution in [0.1, 0.15) is 12.8 Å². The third-order valence-corrected chi connectivity index (χ3v) is 3.09. The van der Waals surface area contributed by atoms with E-state index in [0.717, 1.165) is 24.1 Å². The van der Waals surface area contributed by atoms with Gasteiger partial charge in [-0.3, -0.25) is 0 Å². The zero-order chi connectivity index (χ0) is 11.0. The molecule has 1 aliphatic rings. The van der Waals surface area contributed by atoms with E-state index in [1.807, 2.05) is 4.68 Å². The number of nitrogens with one attached hydrogen (secondary N) is 1. The largest absolute Gasteiger partial charge is 0.312 e. The highest BCUT2D eigenvalue weighted by molar-refractivity contribution is 6.28. The molecular weight excluding hydrogens is 226 g/mol. The summed E-state index contributed by atoms with van der Waals surface area (Å²) in [5, 5.41) is 8.96. The van der Waals surface area contributed by atoms with Crippen LogP contribution in [0.25, 0.3) is 11.0 Å². The molecule has 1 saturated heterocycles. The smallest absolute Gasteiger partial charge is 0.224 e. The van der Waals surface area contributed by atoms with Gasteiger partial charge < -0.3 is 5.32 Å². The Balaban J connectivity index is 1.93. The van der Waals surface area contributed by atoms with Crippen molar-refractivity contribution in [3.05, 3.63) is 17.7 Å². The molecule has 0 radical (unpaired) electrons. The van der Waals surface area contributed by atoms with Crippen molar-refractivity contribution in [1.82, 2.24) is 25.1 Å². The molecule has 2 aromatic rings. The second-order valence-electron chi connectivity index (χ2n) is 4.04. The average molecular weight is 238 g/mol. The van der Waals surface area contributed by atoms with Crippen LogP contribution in [0.15, 0.2) is 12.4 Å². The molecule has 0 amide bonds. The third-order valence-electron chi connectivity index (χ3n) is 2.90. The van der Waals surface area contributed by atoms with Gasteiger partial charge in [0.15, 0.2) is 5.65 Å². The second-order valence-corrected chi connectivity index (χ2v) is 4.38. The number of rotatable bonds is 2. The van der Waals surface area contributed by atoms with Gasteiger partial charge in [-0.25, -0.2) is 9.67 Å². The SMILES string of the molecule is Clc1ncc2cnn(C[C@@H]3CCCN3)c2n1. The number of halogens is 1. The molecule has 0 bridgehead atoms. The fourth-order valence-corrected chi connectivity index (χ4v) is 2.23. The van der Waals surface area contributed by atoms with Crippen LogP contribution in [0, 0.1) is 0 Å². The summed E-state index contributed by atoms with van der Waals surface area (Å²) in [5.41, 5.74) is 0.814. The first-order valence-corrected chi connectivity index (χ1v) is 5.78. The molecule has 1 aliphatic heterocycles. The summed E-state index contributed by atoms with van der Waals surface area (Å²) in [7, 11) is 0. The van der Waals surface area contributed by atoms with Gasteiger partial charge in [0.05, 0.1) is 18.1 Å². The van der Waals surface area contributed by atoms with Gasteiger partial charge in [-0.05, 0) is 31.0 Å². The lowest BCUT2D eigenvalue weighted by Crippen LogP contribution is -2.27. The van der Waals surface area contributed by atoms with Gasteiger partial charge in [0, 0.05) is 12.2 Å². The van der Waals surface area contributed by atoms with Crippen molar-refractivity contribution in [2.75, 3.05) is 6.54 Å². The first kappa shape index (κ1) is 9.99. The number of hydrogen-bond acceptors (Lipinski definition) is 4. The Hall–Kier alpha value is -1.20. The van der Waals surface area contributed by atoms with Crippen molar-refractivity contribution < 1.29 is 0 Å². The molecule has 0 unspecified atom stereocenters. The molecule has 0 saturated carbocycles. The van der Waals surface area contributed by atoms with Crippen LogP contribution in [-0.4, -0.2) is 32.3 Å². The van der Waals surface area contributed by atoms with Crippen molar-refractivity contribution in [3.63, 3.8) is 0 Å². The van der Waals surface area contributed by atoms with Crippen LogP contribution in [0.3, 0.4) is 0 Å². The van der Waals surface area contributed by atoms with Crippen LogP contribution in [0.4, 0.5) is 0 Å². The highest BCUT2D eigenvalue weighted by atomic mass is 35.5. The van der Waals surface area contributed by atoms with Crippen molar-refractivity contribution >= 4 is 22.6 Å². The van der Waals surface area contributed by atoms with Crippen LogP contribution < -0.4 is 5.32 Å². The Kier molecular flexibility index (Phi) is 2.49. The minimum atomic E-state index is 0.272. The van der Waals surface area contributed by atoms with E-state index in [0.29, 0.717) is 6.04 Å². The third kappa shape index (κ3) is 1.76. The summed E-state index contributed by atoms with van der Waals surface area (Å²) in [5.74, 6) is 0. The fourth-order valence-electron chi connectivity index (χ4n) is 2.10. The topological polar surface area (TPSA) is 55.6 Å². The van der Waals surface area contributed by atoms with E-state index in [9.17, 15) is 0 Å². The molecule has 3 rings (SSSR count). The first-order chi connectivity index (χ1) is 7.83. The standard InChI is InChI=1S/C10H12ClN5/c11-10-13-4-7-5-14-16(9(7)15-10)6-8-2-1-3-12-8/h4-5,8,12H,1-3,6H2/t8-/m0/s1. The normalized spacial score (nSPS) is 20.7. The lowest BCUT2D eigenvalue weighted by Gasteiger charge is -2.10. The van der Waals surface area contributed by atoms with E-state index < -0.39 is 0 Å². The summed E-state index contributed by atoms with van der Waals surface area (Å²) >= 11 is 5.79. The Morgan fingerprint density at radius 3 is 3.25 bits per heavy atom. The van der Waals surface area contributed by atoms with Crippen molar-refractivity contribution in [3.8, 4) is 0 Å². The molecule has 84 valence electrons. The summed E-state index contributed by atoms with van der Waals surface area (Å²) in [6, 6.07) is 0.497. The van der Waals surface area contributed by atoms with E-state index in [2.05, 4.69) is 20.4 Å². The molecule has 0 spiro atoms. The number of fused-ring (bicyclic) bond motifs is 1. The van der Waals surface area contributed by atoms with Crippen molar-refractivity contribution in [1.29, 1.82) is 0 Å². The fraction of sp³-hybridized carbons (Fsp3) is 0.500. The lowest BCUT2D eigenvalue weighted by atomic mass is 10.2. The Morgan fingerprint density at radius 1 is 1.50 bits per heavy atom. The van der Waals surface area contributed by atoms with E-state index in [-0.39, 0.29) is 5.28 Å². The van der Waals surface area contributed by atoms with Crippen LogP contribution in [-0.2, 0) is 6.54 Å². The monoisotopic (exact) mass is 237 g/mol.